The van der Waals surface area contributed by atoms with Crippen LogP contribution in [0.3, 0.4) is 0 Å². The maximum absolute atomic E-state index is 13.5. The van der Waals surface area contributed by atoms with Gasteiger partial charge in [-0.25, -0.2) is 0 Å². The number of carbonyl (C=O) groups is 1. The van der Waals surface area contributed by atoms with Crippen LogP contribution in [0, 0.1) is 6.92 Å². The lowest BCUT2D eigenvalue weighted by Gasteiger charge is -2.29. The van der Waals surface area contributed by atoms with E-state index in [-0.39, 0.29) is 25.0 Å². The number of piperazine rings is 1. The van der Waals surface area contributed by atoms with Crippen molar-refractivity contribution in [2.24, 2.45) is 0 Å². The lowest BCUT2D eigenvalue weighted by Crippen LogP contribution is -2.48. The zero-order chi connectivity index (χ0) is 22.8. The van der Waals surface area contributed by atoms with Gasteiger partial charge in [0, 0.05) is 39.5 Å². The van der Waals surface area contributed by atoms with E-state index in [0.717, 1.165) is 10.6 Å². The van der Waals surface area contributed by atoms with Crippen molar-refractivity contribution in [1.82, 2.24) is 25.1 Å². The number of ether oxygens (including phenoxy) is 1. The predicted molar refractivity (Wildman–Crippen MR) is 112 cm³/mol. The standard InChI is InChI=1S/C19H27F3N6O2Si/c1-13-15(27-6-5-23-16(29)11-27)9-14(10-24-13)17-25-26-18(19(20,21)22)28(17)12-30-7-8-31(2,3)4/h9-10H,5-8,11-12H2,1-4H3,(H,23,29). The molecule has 1 N–H and O–H groups in total. The number of aromatic nitrogens is 4. The summed E-state index contributed by atoms with van der Waals surface area (Å²) in [5.41, 5.74) is 1.73. The summed E-state index contributed by atoms with van der Waals surface area (Å²) in [6.07, 6.45) is -3.20. The molecule has 1 saturated heterocycles. The van der Waals surface area contributed by atoms with Gasteiger partial charge in [-0.05, 0) is 19.0 Å². The minimum absolute atomic E-state index is 0.0236. The fourth-order valence-corrected chi connectivity index (χ4v) is 3.95. The van der Waals surface area contributed by atoms with E-state index >= 15 is 0 Å². The molecular weight excluding hydrogens is 429 g/mol. The Morgan fingerprint density at radius 2 is 2.00 bits per heavy atom. The van der Waals surface area contributed by atoms with Crippen LogP contribution in [0.25, 0.3) is 11.4 Å². The quantitative estimate of drug-likeness (QED) is 0.509. The molecule has 3 rings (SSSR count). The number of hydrogen-bond donors (Lipinski definition) is 1. The van der Waals surface area contributed by atoms with Crippen LogP contribution in [0.1, 0.15) is 11.5 Å². The Morgan fingerprint density at radius 1 is 1.26 bits per heavy atom. The first-order chi connectivity index (χ1) is 14.5. The molecule has 0 atom stereocenters. The van der Waals surface area contributed by atoms with Gasteiger partial charge in [-0.2, -0.15) is 13.2 Å². The fourth-order valence-electron chi connectivity index (χ4n) is 3.19. The summed E-state index contributed by atoms with van der Waals surface area (Å²) in [7, 11) is -1.38. The van der Waals surface area contributed by atoms with Crippen LogP contribution in [-0.4, -0.2) is 60.0 Å². The summed E-state index contributed by atoms with van der Waals surface area (Å²) in [6, 6.07) is 2.53. The van der Waals surface area contributed by atoms with E-state index in [1.807, 2.05) is 4.90 Å². The molecule has 31 heavy (non-hydrogen) atoms. The SMILES string of the molecule is Cc1ncc(-c2nnc(C(F)(F)F)n2COCC[Si](C)(C)C)cc1N1CCNC(=O)C1. The molecule has 0 radical (unpaired) electrons. The number of pyridine rings is 1. The van der Waals surface area contributed by atoms with Crippen LogP contribution in [0.4, 0.5) is 18.9 Å². The van der Waals surface area contributed by atoms with Gasteiger partial charge in [-0.15, -0.1) is 10.2 Å². The molecule has 1 fully saturated rings. The lowest BCUT2D eigenvalue weighted by atomic mass is 10.1. The Labute approximate surface area is 179 Å². The molecule has 0 aliphatic carbocycles. The summed E-state index contributed by atoms with van der Waals surface area (Å²) in [4.78, 5) is 17.9. The van der Waals surface area contributed by atoms with Crippen LogP contribution in [0.2, 0.25) is 25.7 Å². The molecular formula is C19H27F3N6O2Si. The molecule has 3 heterocycles. The van der Waals surface area contributed by atoms with E-state index in [1.165, 1.54) is 6.20 Å². The van der Waals surface area contributed by atoms with Crippen molar-refractivity contribution in [3.8, 4) is 11.4 Å². The number of rotatable bonds is 7. The van der Waals surface area contributed by atoms with Gasteiger partial charge in [0.1, 0.15) is 6.73 Å². The fraction of sp³-hybridized carbons (Fsp3) is 0.579. The molecule has 2 aromatic heterocycles. The minimum Gasteiger partial charge on any atom is -0.361 e. The molecule has 2 aromatic rings. The molecule has 0 bridgehead atoms. The van der Waals surface area contributed by atoms with Gasteiger partial charge in [0.2, 0.25) is 11.7 Å². The minimum atomic E-state index is -4.67. The summed E-state index contributed by atoms with van der Waals surface area (Å²) in [6.45, 7) is 9.58. The third-order valence-electron chi connectivity index (χ3n) is 4.92. The van der Waals surface area contributed by atoms with Gasteiger partial charge in [-0.1, -0.05) is 19.6 Å². The molecule has 1 aliphatic heterocycles. The summed E-state index contributed by atoms with van der Waals surface area (Å²) < 4.78 is 47.0. The largest absolute Gasteiger partial charge is 0.451 e. The van der Waals surface area contributed by atoms with Crippen molar-refractivity contribution in [2.75, 3.05) is 31.1 Å². The Kier molecular flexibility index (Phi) is 6.70. The van der Waals surface area contributed by atoms with E-state index in [2.05, 4.69) is 40.1 Å². The van der Waals surface area contributed by atoms with E-state index in [0.29, 0.717) is 36.6 Å². The molecule has 0 aromatic carbocycles. The second kappa shape index (κ2) is 8.95. The number of amides is 1. The van der Waals surface area contributed by atoms with Crippen molar-refractivity contribution >= 4 is 19.7 Å². The monoisotopic (exact) mass is 456 g/mol. The van der Waals surface area contributed by atoms with Crippen LogP contribution in [0.15, 0.2) is 12.3 Å². The summed E-state index contributed by atoms with van der Waals surface area (Å²) in [5, 5.41) is 9.92. The smallest absolute Gasteiger partial charge is 0.361 e. The highest BCUT2D eigenvalue weighted by Gasteiger charge is 2.39. The topological polar surface area (TPSA) is 85.2 Å². The van der Waals surface area contributed by atoms with Gasteiger partial charge in [-0.3, -0.25) is 14.3 Å². The van der Waals surface area contributed by atoms with Crippen molar-refractivity contribution in [1.29, 1.82) is 0 Å². The number of halogens is 3. The molecule has 12 heteroatoms. The van der Waals surface area contributed by atoms with Crippen molar-refractivity contribution in [3.05, 3.63) is 23.8 Å². The van der Waals surface area contributed by atoms with E-state index in [1.54, 1.807) is 13.0 Å². The van der Waals surface area contributed by atoms with E-state index in [9.17, 15) is 18.0 Å². The Morgan fingerprint density at radius 3 is 2.65 bits per heavy atom. The van der Waals surface area contributed by atoms with Gasteiger partial charge >= 0.3 is 6.18 Å². The van der Waals surface area contributed by atoms with Gasteiger partial charge in [0.25, 0.3) is 0 Å². The molecule has 8 nitrogen and oxygen atoms in total. The maximum atomic E-state index is 13.5. The summed E-state index contributed by atoms with van der Waals surface area (Å²) >= 11 is 0. The van der Waals surface area contributed by atoms with Crippen LogP contribution < -0.4 is 10.2 Å². The predicted octanol–water partition coefficient (Wildman–Crippen LogP) is 2.92. The number of alkyl halides is 3. The molecule has 1 aliphatic rings. The second-order valence-corrected chi connectivity index (χ2v) is 14.3. The van der Waals surface area contributed by atoms with Gasteiger partial charge in [0.05, 0.1) is 17.9 Å². The highest BCUT2D eigenvalue weighted by atomic mass is 28.3. The molecule has 1 amide bonds. The third-order valence-corrected chi connectivity index (χ3v) is 6.62. The zero-order valence-electron chi connectivity index (χ0n) is 18.1. The van der Waals surface area contributed by atoms with E-state index < -0.39 is 20.1 Å². The first-order valence-electron chi connectivity index (χ1n) is 10.0. The Hall–Kier alpha value is -2.47. The number of aryl methyl sites for hydroxylation is 1. The second-order valence-electron chi connectivity index (χ2n) is 8.72. The number of carbonyl (C=O) groups excluding carboxylic acids is 1. The van der Waals surface area contributed by atoms with Crippen LogP contribution in [-0.2, 0) is 22.4 Å². The highest BCUT2D eigenvalue weighted by Crippen LogP contribution is 2.32. The number of nitrogens with one attached hydrogen (secondary N) is 1. The van der Waals surface area contributed by atoms with Crippen LogP contribution in [0.5, 0.6) is 0 Å². The third kappa shape index (κ3) is 5.82. The van der Waals surface area contributed by atoms with E-state index in [4.69, 9.17) is 4.74 Å². The van der Waals surface area contributed by atoms with Gasteiger partial charge < -0.3 is 15.0 Å². The average molecular weight is 457 g/mol. The molecule has 0 saturated carbocycles. The van der Waals surface area contributed by atoms with Crippen molar-refractivity contribution in [3.63, 3.8) is 0 Å². The first kappa shape index (κ1) is 23.2. The van der Waals surface area contributed by atoms with Crippen LogP contribution >= 0.6 is 0 Å². The number of nitrogens with zero attached hydrogens (tertiary/aromatic N) is 5. The zero-order valence-corrected chi connectivity index (χ0v) is 19.1. The Balaban J connectivity index is 1.92. The lowest BCUT2D eigenvalue weighted by molar-refractivity contribution is -0.149. The first-order valence-corrected chi connectivity index (χ1v) is 13.7. The number of anilines is 1. The van der Waals surface area contributed by atoms with Crippen molar-refractivity contribution in [2.45, 2.75) is 45.5 Å². The average Bonchev–Trinajstić information content (AvgIpc) is 3.09. The normalized spacial score (nSPS) is 15.3. The molecule has 0 unspecified atom stereocenters. The highest BCUT2D eigenvalue weighted by molar-refractivity contribution is 6.76. The number of hydrogen-bond acceptors (Lipinski definition) is 6. The molecule has 170 valence electrons. The van der Waals surface area contributed by atoms with Crippen molar-refractivity contribution < 1.29 is 22.7 Å². The summed E-state index contributed by atoms with van der Waals surface area (Å²) in [5.74, 6) is -1.21. The van der Waals surface area contributed by atoms with Gasteiger partial charge in [0.15, 0.2) is 5.82 Å². The maximum Gasteiger partial charge on any atom is 0.451 e. The molecule has 0 spiro atoms. The Bertz CT molecular complexity index is 942.